The molecule has 0 saturated heterocycles. The molecule has 4 nitrogen and oxygen atoms in total. The number of aliphatic carboxylic acids is 1. The van der Waals surface area contributed by atoms with Crippen molar-refractivity contribution in [3.8, 4) is 11.1 Å². The van der Waals surface area contributed by atoms with Crippen molar-refractivity contribution in [1.82, 2.24) is 0 Å². The van der Waals surface area contributed by atoms with Crippen LogP contribution in [-0.2, 0) is 11.2 Å². The Bertz CT molecular complexity index is 751. The van der Waals surface area contributed by atoms with E-state index in [0.717, 1.165) is 5.56 Å². The van der Waals surface area contributed by atoms with Gasteiger partial charge in [-0.25, -0.2) is 4.39 Å². The van der Waals surface area contributed by atoms with Crippen LogP contribution in [0.2, 0.25) is 5.02 Å². The minimum absolute atomic E-state index is 0.156. The molecule has 0 amide bonds. The first-order chi connectivity index (χ1) is 11.7. The van der Waals surface area contributed by atoms with Crippen molar-refractivity contribution in [2.45, 2.75) is 25.8 Å². The van der Waals surface area contributed by atoms with Gasteiger partial charge in [0.2, 0.25) is 0 Å². The second-order valence-corrected chi connectivity index (χ2v) is 6.95. The molecule has 134 valence electrons. The Labute approximate surface area is 151 Å². The predicted molar refractivity (Wildman–Crippen MR) is 96.0 cm³/mol. The quantitative estimate of drug-likeness (QED) is 0.701. The van der Waals surface area contributed by atoms with Crippen molar-refractivity contribution in [3.05, 3.63) is 58.9 Å². The first kappa shape index (κ1) is 19.4. The molecule has 0 aliphatic rings. The second-order valence-electron chi connectivity index (χ2n) is 6.51. The molecule has 2 aromatic carbocycles. The normalized spacial score (nSPS) is 14.8. The number of carboxylic acid groups (broad SMARTS) is 1. The standard InChI is InChI=1S/C19H21ClFNO3/c1-19(11-23,18(24)25)10-15(22)8-12-2-4-13(5-3-12)16-9-14(20)6-7-17(16)21/h2-7,9,15,23H,8,10-11,22H2,1H3,(H,24,25)/t15?,19-/m1/s1. The maximum absolute atomic E-state index is 13.9. The number of nitrogens with two attached hydrogens (primary N) is 1. The minimum atomic E-state index is -1.26. The van der Waals surface area contributed by atoms with E-state index >= 15 is 0 Å². The Balaban J connectivity index is 2.10. The molecular weight excluding hydrogens is 345 g/mol. The molecule has 2 aromatic rings. The van der Waals surface area contributed by atoms with Gasteiger partial charge in [-0.05, 0) is 49.1 Å². The molecule has 6 heteroatoms. The van der Waals surface area contributed by atoms with Crippen LogP contribution in [0.25, 0.3) is 11.1 Å². The second kappa shape index (κ2) is 7.95. The highest BCUT2D eigenvalue weighted by molar-refractivity contribution is 6.30. The molecule has 0 bridgehead atoms. The number of benzene rings is 2. The number of hydrogen-bond donors (Lipinski definition) is 3. The van der Waals surface area contributed by atoms with Gasteiger partial charge in [0, 0.05) is 16.6 Å². The highest BCUT2D eigenvalue weighted by atomic mass is 35.5. The van der Waals surface area contributed by atoms with Crippen LogP contribution in [0, 0.1) is 11.2 Å². The maximum Gasteiger partial charge on any atom is 0.311 e. The van der Waals surface area contributed by atoms with Crippen LogP contribution in [-0.4, -0.2) is 28.8 Å². The summed E-state index contributed by atoms with van der Waals surface area (Å²) in [5.41, 5.74) is 6.81. The molecule has 0 radical (unpaired) electrons. The third-order valence-corrected chi connectivity index (χ3v) is 4.50. The first-order valence-corrected chi connectivity index (χ1v) is 8.27. The molecule has 2 atom stereocenters. The summed E-state index contributed by atoms with van der Waals surface area (Å²) >= 11 is 5.92. The lowest BCUT2D eigenvalue weighted by Gasteiger charge is -2.25. The number of halogens is 2. The van der Waals surface area contributed by atoms with Gasteiger partial charge in [-0.2, -0.15) is 0 Å². The largest absolute Gasteiger partial charge is 0.481 e. The van der Waals surface area contributed by atoms with Gasteiger partial charge in [-0.15, -0.1) is 0 Å². The van der Waals surface area contributed by atoms with Crippen LogP contribution >= 0.6 is 11.6 Å². The molecule has 0 aliphatic carbocycles. The maximum atomic E-state index is 13.9. The fraction of sp³-hybridized carbons (Fsp3) is 0.316. The van der Waals surface area contributed by atoms with Gasteiger partial charge in [0.15, 0.2) is 0 Å². The molecule has 2 rings (SSSR count). The van der Waals surface area contributed by atoms with Crippen LogP contribution < -0.4 is 5.73 Å². The van der Waals surface area contributed by atoms with E-state index in [1.54, 1.807) is 18.2 Å². The molecule has 0 spiro atoms. The minimum Gasteiger partial charge on any atom is -0.481 e. The van der Waals surface area contributed by atoms with E-state index in [2.05, 4.69) is 0 Å². The van der Waals surface area contributed by atoms with E-state index < -0.39 is 24.0 Å². The van der Waals surface area contributed by atoms with Crippen molar-refractivity contribution in [3.63, 3.8) is 0 Å². The summed E-state index contributed by atoms with van der Waals surface area (Å²) in [6, 6.07) is 11.2. The number of carbonyl (C=O) groups is 1. The van der Waals surface area contributed by atoms with Gasteiger partial charge < -0.3 is 15.9 Å². The third kappa shape index (κ3) is 4.78. The Morgan fingerprint density at radius 2 is 1.92 bits per heavy atom. The average Bonchev–Trinajstić information content (AvgIpc) is 2.57. The molecule has 1 unspecified atom stereocenters. The Hall–Kier alpha value is -1.95. The topological polar surface area (TPSA) is 83.5 Å². The van der Waals surface area contributed by atoms with Gasteiger partial charge in [-0.3, -0.25) is 4.79 Å². The number of aliphatic hydroxyl groups is 1. The summed E-state index contributed by atoms with van der Waals surface area (Å²) in [6.45, 7) is 1.00. The Morgan fingerprint density at radius 3 is 2.48 bits per heavy atom. The van der Waals surface area contributed by atoms with Gasteiger partial charge in [0.25, 0.3) is 0 Å². The van der Waals surface area contributed by atoms with E-state index in [4.69, 9.17) is 17.3 Å². The average molecular weight is 366 g/mol. The smallest absolute Gasteiger partial charge is 0.311 e. The number of hydrogen-bond acceptors (Lipinski definition) is 3. The summed E-state index contributed by atoms with van der Waals surface area (Å²) in [5, 5.41) is 19.0. The SMILES string of the molecule is C[C@](CO)(CC(N)Cc1ccc(-c2cc(Cl)ccc2F)cc1)C(=O)O. The van der Waals surface area contributed by atoms with Crippen LogP contribution in [0.5, 0.6) is 0 Å². The van der Waals surface area contributed by atoms with E-state index in [1.165, 1.54) is 19.1 Å². The van der Waals surface area contributed by atoms with Gasteiger partial charge >= 0.3 is 5.97 Å². The monoisotopic (exact) mass is 365 g/mol. The van der Waals surface area contributed by atoms with Crippen molar-refractivity contribution >= 4 is 17.6 Å². The number of carboxylic acids is 1. The molecule has 25 heavy (non-hydrogen) atoms. The molecule has 0 aromatic heterocycles. The lowest BCUT2D eigenvalue weighted by atomic mass is 9.83. The zero-order valence-electron chi connectivity index (χ0n) is 13.9. The molecular formula is C19H21ClFNO3. The fourth-order valence-electron chi connectivity index (χ4n) is 2.71. The lowest BCUT2D eigenvalue weighted by Crippen LogP contribution is -2.39. The first-order valence-electron chi connectivity index (χ1n) is 7.89. The highest BCUT2D eigenvalue weighted by Gasteiger charge is 2.34. The zero-order chi connectivity index (χ0) is 18.6. The van der Waals surface area contributed by atoms with Crippen molar-refractivity contribution in [1.29, 1.82) is 0 Å². The highest BCUT2D eigenvalue weighted by Crippen LogP contribution is 2.27. The van der Waals surface area contributed by atoms with E-state index in [9.17, 15) is 19.4 Å². The number of rotatable bonds is 7. The summed E-state index contributed by atoms with van der Waals surface area (Å²) in [5.74, 6) is -1.42. The summed E-state index contributed by atoms with van der Waals surface area (Å²) in [4.78, 5) is 11.2. The van der Waals surface area contributed by atoms with Crippen molar-refractivity contribution < 1.29 is 19.4 Å². The fourth-order valence-corrected chi connectivity index (χ4v) is 2.88. The predicted octanol–water partition coefficient (Wildman–Crippen LogP) is 3.49. The summed E-state index contributed by atoms with van der Waals surface area (Å²) in [6.07, 6.45) is 0.616. The van der Waals surface area contributed by atoms with Crippen molar-refractivity contribution in [2.75, 3.05) is 6.61 Å². The third-order valence-electron chi connectivity index (χ3n) is 4.27. The zero-order valence-corrected chi connectivity index (χ0v) is 14.6. The molecule has 0 aliphatic heterocycles. The Morgan fingerprint density at radius 1 is 1.28 bits per heavy atom. The van der Waals surface area contributed by atoms with Crippen LogP contribution in [0.3, 0.4) is 0 Å². The molecule has 0 heterocycles. The van der Waals surface area contributed by atoms with E-state index in [1.807, 2.05) is 12.1 Å². The van der Waals surface area contributed by atoms with Gasteiger partial charge in [0.05, 0.1) is 12.0 Å². The van der Waals surface area contributed by atoms with Crippen LogP contribution in [0.15, 0.2) is 42.5 Å². The van der Waals surface area contributed by atoms with Crippen molar-refractivity contribution in [2.24, 2.45) is 11.1 Å². The van der Waals surface area contributed by atoms with Crippen LogP contribution in [0.1, 0.15) is 18.9 Å². The molecule has 0 saturated carbocycles. The lowest BCUT2D eigenvalue weighted by molar-refractivity contribution is -0.151. The van der Waals surface area contributed by atoms with E-state index in [0.29, 0.717) is 22.6 Å². The van der Waals surface area contributed by atoms with Gasteiger partial charge in [-0.1, -0.05) is 35.9 Å². The summed E-state index contributed by atoms with van der Waals surface area (Å²) in [7, 11) is 0. The molecule has 4 N–H and O–H groups in total. The number of aliphatic hydroxyl groups excluding tert-OH is 1. The van der Waals surface area contributed by atoms with E-state index in [-0.39, 0.29) is 12.2 Å². The molecule has 0 fully saturated rings. The summed E-state index contributed by atoms with van der Waals surface area (Å²) < 4.78 is 13.9. The Kier molecular flexibility index (Phi) is 6.16. The van der Waals surface area contributed by atoms with Gasteiger partial charge in [0.1, 0.15) is 5.82 Å². The van der Waals surface area contributed by atoms with Crippen LogP contribution in [0.4, 0.5) is 4.39 Å².